The average molecular weight is 250 g/mol. The Bertz CT molecular complexity index is 509. The van der Waals surface area contributed by atoms with E-state index >= 15 is 0 Å². The lowest BCUT2D eigenvalue weighted by atomic mass is 10.2. The van der Waals surface area contributed by atoms with Gasteiger partial charge in [-0.15, -0.1) is 0 Å². The fourth-order valence-electron chi connectivity index (χ4n) is 1.27. The molecule has 0 aromatic heterocycles. The molecule has 0 heterocycles. The first-order chi connectivity index (χ1) is 8.56. The number of hydrogen-bond donors (Lipinski definition) is 1. The first kappa shape index (κ1) is 13.6. The summed E-state index contributed by atoms with van der Waals surface area (Å²) in [6, 6.07) is 5.02. The van der Waals surface area contributed by atoms with Crippen LogP contribution in [0.2, 0.25) is 0 Å². The van der Waals surface area contributed by atoms with Crippen LogP contribution in [0.1, 0.15) is 23.7 Å². The molecule has 18 heavy (non-hydrogen) atoms. The van der Waals surface area contributed by atoms with Gasteiger partial charge in [0.15, 0.2) is 0 Å². The average Bonchev–Trinajstić information content (AvgIpc) is 2.28. The number of amides is 1. The smallest absolute Gasteiger partial charge is 0.338 e. The lowest BCUT2D eigenvalue weighted by molar-refractivity contribution is -0.115. The summed E-state index contributed by atoms with van der Waals surface area (Å²) < 4.78 is 18.0. The van der Waals surface area contributed by atoms with E-state index in [-0.39, 0.29) is 24.3 Å². The van der Waals surface area contributed by atoms with Gasteiger partial charge in [0.1, 0.15) is 12.2 Å². The number of carbonyl (C=O) groups excluding carboxylic acids is 2. The third-order valence-corrected chi connectivity index (χ3v) is 1.93. The molecule has 5 nitrogen and oxygen atoms in total. The van der Waals surface area contributed by atoms with Crippen LogP contribution in [-0.2, 0) is 9.53 Å². The van der Waals surface area contributed by atoms with Gasteiger partial charge in [0, 0.05) is 5.69 Å². The molecule has 0 fully saturated rings. The van der Waals surface area contributed by atoms with Gasteiger partial charge in [-0.2, -0.15) is 5.26 Å². The maximum absolute atomic E-state index is 13.2. The number of benzene rings is 1. The van der Waals surface area contributed by atoms with Gasteiger partial charge in [-0.1, -0.05) is 0 Å². The van der Waals surface area contributed by atoms with Crippen molar-refractivity contribution >= 4 is 17.6 Å². The third kappa shape index (κ3) is 3.87. The number of anilines is 1. The van der Waals surface area contributed by atoms with Gasteiger partial charge < -0.3 is 10.1 Å². The summed E-state index contributed by atoms with van der Waals surface area (Å²) in [5.41, 5.74) is 0.113. The topological polar surface area (TPSA) is 79.2 Å². The SMILES string of the molecule is CCOC(=O)c1cc(F)cc(NC(=O)CC#N)c1. The number of carbonyl (C=O) groups is 2. The van der Waals surface area contributed by atoms with Crippen molar-refractivity contribution in [3.8, 4) is 6.07 Å². The second-order valence-corrected chi connectivity index (χ2v) is 3.33. The molecule has 0 bridgehead atoms. The molecule has 0 aliphatic rings. The summed E-state index contributed by atoms with van der Waals surface area (Å²) in [7, 11) is 0. The van der Waals surface area contributed by atoms with E-state index in [4.69, 9.17) is 10.00 Å². The Morgan fingerprint density at radius 1 is 1.44 bits per heavy atom. The van der Waals surface area contributed by atoms with Crippen molar-refractivity contribution in [2.45, 2.75) is 13.3 Å². The molecule has 6 heteroatoms. The standard InChI is InChI=1S/C12H11FN2O3/c1-2-18-12(17)8-5-9(13)7-10(6-8)15-11(16)3-4-14/h5-7H,2-3H2,1H3,(H,15,16). The van der Waals surface area contributed by atoms with Gasteiger partial charge in [-0.05, 0) is 25.1 Å². The summed E-state index contributed by atoms with van der Waals surface area (Å²) in [5, 5.41) is 10.6. The molecular weight excluding hydrogens is 239 g/mol. The van der Waals surface area contributed by atoms with E-state index in [9.17, 15) is 14.0 Å². The monoisotopic (exact) mass is 250 g/mol. The van der Waals surface area contributed by atoms with E-state index in [1.54, 1.807) is 13.0 Å². The number of esters is 1. The Hall–Kier alpha value is -2.42. The Morgan fingerprint density at radius 3 is 2.78 bits per heavy atom. The van der Waals surface area contributed by atoms with Crippen molar-refractivity contribution in [3.63, 3.8) is 0 Å². The lowest BCUT2D eigenvalue weighted by Crippen LogP contribution is -2.12. The fourth-order valence-corrected chi connectivity index (χ4v) is 1.27. The fraction of sp³-hybridized carbons (Fsp3) is 0.250. The number of hydrogen-bond acceptors (Lipinski definition) is 4. The summed E-state index contributed by atoms with van der Waals surface area (Å²) in [6.45, 7) is 1.80. The van der Waals surface area contributed by atoms with Crippen LogP contribution in [0.4, 0.5) is 10.1 Å². The van der Waals surface area contributed by atoms with Crippen molar-refractivity contribution in [2.75, 3.05) is 11.9 Å². The van der Waals surface area contributed by atoms with Crippen LogP contribution in [0.3, 0.4) is 0 Å². The number of ether oxygens (including phenoxy) is 1. The highest BCUT2D eigenvalue weighted by atomic mass is 19.1. The zero-order valence-corrected chi connectivity index (χ0v) is 9.70. The van der Waals surface area contributed by atoms with Gasteiger partial charge in [-0.25, -0.2) is 9.18 Å². The minimum absolute atomic E-state index is 0.00380. The molecule has 1 aromatic carbocycles. The van der Waals surface area contributed by atoms with Crippen LogP contribution >= 0.6 is 0 Å². The molecule has 1 rings (SSSR count). The van der Waals surface area contributed by atoms with Crippen LogP contribution in [0, 0.1) is 17.1 Å². The van der Waals surface area contributed by atoms with Gasteiger partial charge in [0.25, 0.3) is 0 Å². The molecule has 94 valence electrons. The predicted molar refractivity (Wildman–Crippen MR) is 61.2 cm³/mol. The number of nitrogens with zero attached hydrogens (tertiary/aromatic N) is 1. The molecule has 1 aromatic rings. The molecule has 0 unspecified atom stereocenters. The molecule has 0 aliphatic carbocycles. The van der Waals surface area contributed by atoms with Gasteiger partial charge in [-0.3, -0.25) is 4.79 Å². The molecule has 0 radical (unpaired) electrons. The van der Waals surface area contributed by atoms with Crippen LogP contribution in [0.25, 0.3) is 0 Å². The van der Waals surface area contributed by atoms with Crippen molar-refractivity contribution < 1.29 is 18.7 Å². The molecule has 1 amide bonds. The maximum Gasteiger partial charge on any atom is 0.338 e. The normalized spacial score (nSPS) is 9.39. The van der Waals surface area contributed by atoms with Crippen molar-refractivity contribution in [3.05, 3.63) is 29.6 Å². The predicted octanol–water partition coefficient (Wildman–Crippen LogP) is 1.85. The zero-order valence-electron chi connectivity index (χ0n) is 9.70. The second kappa shape index (κ2) is 6.35. The molecule has 0 atom stereocenters. The molecule has 0 saturated carbocycles. The lowest BCUT2D eigenvalue weighted by Gasteiger charge is -2.06. The van der Waals surface area contributed by atoms with Crippen LogP contribution in [0.15, 0.2) is 18.2 Å². The number of nitriles is 1. The molecule has 0 saturated heterocycles. The van der Waals surface area contributed by atoms with Crippen molar-refractivity contribution in [1.82, 2.24) is 0 Å². The molecule has 0 aliphatic heterocycles. The molecule has 1 N–H and O–H groups in total. The minimum atomic E-state index is -0.673. The van der Waals surface area contributed by atoms with E-state index in [1.807, 2.05) is 0 Å². The van der Waals surface area contributed by atoms with E-state index in [0.717, 1.165) is 12.1 Å². The van der Waals surface area contributed by atoms with Crippen LogP contribution in [0.5, 0.6) is 0 Å². The van der Waals surface area contributed by atoms with Gasteiger partial charge in [0.2, 0.25) is 5.91 Å². The molecule has 0 spiro atoms. The summed E-state index contributed by atoms with van der Waals surface area (Å²) >= 11 is 0. The maximum atomic E-state index is 13.2. The van der Waals surface area contributed by atoms with E-state index < -0.39 is 17.7 Å². The summed E-state index contributed by atoms with van der Waals surface area (Å²) in [5.74, 6) is -1.92. The molecular formula is C12H11FN2O3. The zero-order chi connectivity index (χ0) is 13.5. The van der Waals surface area contributed by atoms with E-state index in [1.165, 1.54) is 6.07 Å². The van der Waals surface area contributed by atoms with E-state index in [0.29, 0.717) is 0 Å². The first-order valence-corrected chi connectivity index (χ1v) is 5.21. The quantitative estimate of drug-likeness (QED) is 0.827. The second-order valence-electron chi connectivity index (χ2n) is 3.33. The van der Waals surface area contributed by atoms with Gasteiger partial charge in [0.05, 0.1) is 18.2 Å². The largest absolute Gasteiger partial charge is 0.462 e. The Kier molecular flexibility index (Phi) is 4.81. The summed E-state index contributed by atoms with van der Waals surface area (Å²) in [6.07, 6.45) is -0.342. The van der Waals surface area contributed by atoms with Crippen molar-refractivity contribution in [1.29, 1.82) is 5.26 Å². The third-order valence-electron chi connectivity index (χ3n) is 1.93. The Morgan fingerprint density at radius 2 is 2.17 bits per heavy atom. The highest BCUT2D eigenvalue weighted by molar-refractivity contribution is 5.95. The number of nitrogens with one attached hydrogen (secondary N) is 1. The first-order valence-electron chi connectivity index (χ1n) is 5.21. The van der Waals surface area contributed by atoms with E-state index in [2.05, 4.69) is 5.32 Å². The Labute approximate surface area is 103 Å². The van der Waals surface area contributed by atoms with Gasteiger partial charge >= 0.3 is 5.97 Å². The number of halogens is 1. The van der Waals surface area contributed by atoms with Crippen molar-refractivity contribution in [2.24, 2.45) is 0 Å². The van der Waals surface area contributed by atoms with Crippen LogP contribution in [-0.4, -0.2) is 18.5 Å². The highest BCUT2D eigenvalue weighted by Crippen LogP contribution is 2.15. The van der Waals surface area contributed by atoms with Crippen LogP contribution < -0.4 is 5.32 Å². The highest BCUT2D eigenvalue weighted by Gasteiger charge is 2.11. The minimum Gasteiger partial charge on any atom is -0.462 e. The Balaban J connectivity index is 2.91. The number of rotatable bonds is 4. The summed E-state index contributed by atoms with van der Waals surface area (Å²) in [4.78, 5) is 22.6.